The van der Waals surface area contributed by atoms with Crippen molar-refractivity contribution in [3.8, 4) is 0 Å². The molecule has 0 saturated carbocycles. The molecule has 0 atom stereocenters. The highest BCUT2D eigenvalue weighted by Crippen LogP contribution is 2.28. The van der Waals surface area contributed by atoms with Gasteiger partial charge in [0.2, 0.25) is 0 Å². The van der Waals surface area contributed by atoms with Gasteiger partial charge >= 0.3 is 0 Å². The van der Waals surface area contributed by atoms with Crippen LogP contribution in [0.4, 0.5) is 0 Å². The van der Waals surface area contributed by atoms with Crippen molar-refractivity contribution >= 4 is 11.6 Å². The molecule has 27 heavy (non-hydrogen) atoms. The van der Waals surface area contributed by atoms with Crippen LogP contribution in [0.5, 0.6) is 0 Å². The summed E-state index contributed by atoms with van der Waals surface area (Å²) in [7, 11) is 0. The van der Waals surface area contributed by atoms with Crippen LogP contribution in [-0.2, 0) is 6.54 Å². The number of hydrogen-bond donors (Lipinski definition) is 3. The van der Waals surface area contributed by atoms with Crippen molar-refractivity contribution in [2.24, 2.45) is 0 Å². The van der Waals surface area contributed by atoms with Crippen LogP contribution >= 0.6 is 0 Å². The van der Waals surface area contributed by atoms with Gasteiger partial charge in [0.05, 0.1) is 19.8 Å². The van der Waals surface area contributed by atoms with E-state index in [9.17, 15) is 24.9 Å². The topological polar surface area (TPSA) is 94.8 Å². The zero-order chi connectivity index (χ0) is 19.4. The van der Waals surface area contributed by atoms with Gasteiger partial charge in [-0.2, -0.15) is 0 Å². The Labute approximate surface area is 157 Å². The molecule has 3 rings (SSSR count). The van der Waals surface area contributed by atoms with Crippen molar-refractivity contribution in [2.45, 2.75) is 6.54 Å². The van der Waals surface area contributed by atoms with Gasteiger partial charge in [0.15, 0.2) is 11.6 Å². The molecule has 0 unspecified atom stereocenters. The number of rotatable bonds is 8. The van der Waals surface area contributed by atoms with E-state index in [2.05, 4.69) is 0 Å². The molecule has 0 heterocycles. The molecule has 1 aliphatic carbocycles. The standard InChI is InChI=1S/C21H24NO5/c23-10-7-22(8-11-24,9-12-25)14-15-5-6-18-19(13-15)21(27)17-4-2-1-3-16(17)20(18)26/h1-6,13,23-25H,7-12,14H2/q+1. The maximum Gasteiger partial charge on any atom is 0.194 e. The molecule has 0 radical (unpaired) electrons. The molecular formula is C21H24NO5+. The largest absolute Gasteiger partial charge is 0.391 e. The second-order valence-electron chi connectivity index (χ2n) is 6.93. The number of benzene rings is 2. The van der Waals surface area contributed by atoms with Crippen LogP contribution in [0.3, 0.4) is 0 Å². The molecule has 0 bridgehead atoms. The van der Waals surface area contributed by atoms with E-state index in [1.54, 1.807) is 42.5 Å². The molecule has 0 spiro atoms. The van der Waals surface area contributed by atoms with Crippen molar-refractivity contribution in [1.82, 2.24) is 0 Å². The minimum atomic E-state index is -0.174. The lowest BCUT2D eigenvalue weighted by Crippen LogP contribution is -2.52. The van der Waals surface area contributed by atoms with Gasteiger partial charge in [-0.05, 0) is 12.1 Å². The highest BCUT2D eigenvalue weighted by atomic mass is 16.3. The lowest BCUT2D eigenvalue weighted by Gasteiger charge is -2.37. The van der Waals surface area contributed by atoms with Crippen LogP contribution in [0.25, 0.3) is 0 Å². The molecule has 0 amide bonds. The summed E-state index contributed by atoms with van der Waals surface area (Å²) in [5.74, 6) is -0.333. The monoisotopic (exact) mass is 370 g/mol. The number of quaternary nitrogens is 1. The third-order valence-electron chi connectivity index (χ3n) is 5.23. The number of carbonyl (C=O) groups is 2. The number of fused-ring (bicyclic) bond motifs is 2. The second-order valence-corrected chi connectivity index (χ2v) is 6.93. The predicted octanol–water partition coefficient (Wildman–Crippen LogP) is 0.756. The first-order valence-corrected chi connectivity index (χ1v) is 9.04. The molecular weight excluding hydrogens is 346 g/mol. The first kappa shape index (κ1) is 19.4. The third-order valence-corrected chi connectivity index (χ3v) is 5.23. The minimum absolute atomic E-state index is 0.0737. The van der Waals surface area contributed by atoms with Gasteiger partial charge in [-0.3, -0.25) is 9.59 Å². The van der Waals surface area contributed by atoms with Gasteiger partial charge in [-0.1, -0.05) is 30.3 Å². The maximum absolute atomic E-state index is 12.9. The Kier molecular flexibility index (Phi) is 5.82. The molecule has 2 aromatic carbocycles. The summed E-state index contributed by atoms with van der Waals surface area (Å²) >= 11 is 0. The number of carbonyl (C=O) groups excluding carboxylic acids is 2. The number of nitrogens with zero attached hydrogens (tertiary/aromatic N) is 1. The second kappa shape index (κ2) is 8.10. The zero-order valence-corrected chi connectivity index (χ0v) is 15.1. The first-order chi connectivity index (χ1) is 13.0. The van der Waals surface area contributed by atoms with Crippen molar-refractivity contribution in [2.75, 3.05) is 39.5 Å². The van der Waals surface area contributed by atoms with Crippen molar-refractivity contribution in [3.63, 3.8) is 0 Å². The van der Waals surface area contributed by atoms with Crippen LogP contribution in [0.2, 0.25) is 0 Å². The maximum atomic E-state index is 12.9. The lowest BCUT2D eigenvalue weighted by molar-refractivity contribution is -0.941. The Morgan fingerprint density at radius 1 is 0.667 bits per heavy atom. The molecule has 2 aromatic rings. The van der Waals surface area contributed by atoms with E-state index in [1.165, 1.54) is 0 Å². The van der Waals surface area contributed by atoms with Crippen LogP contribution in [-0.4, -0.2) is 70.8 Å². The highest BCUT2D eigenvalue weighted by molar-refractivity contribution is 6.28. The molecule has 0 aromatic heterocycles. The van der Waals surface area contributed by atoms with E-state index < -0.39 is 0 Å². The van der Waals surface area contributed by atoms with E-state index in [1.807, 2.05) is 0 Å². The van der Waals surface area contributed by atoms with Crippen LogP contribution in [0.1, 0.15) is 37.4 Å². The number of aliphatic hydroxyl groups is 3. The fourth-order valence-corrected chi connectivity index (χ4v) is 3.84. The molecule has 6 heteroatoms. The Morgan fingerprint density at radius 2 is 1.15 bits per heavy atom. The summed E-state index contributed by atoms with van der Waals surface area (Å²) in [4.78, 5) is 25.6. The molecule has 1 aliphatic rings. The third kappa shape index (κ3) is 3.70. The Balaban J connectivity index is 1.98. The van der Waals surface area contributed by atoms with Crippen molar-refractivity contribution < 1.29 is 29.4 Å². The number of aliphatic hydroxyl groups excluding tert-OH is 3. The summed E-state index contributed by atoms with van der Waals surface area (Å²) in [6, 6.07) is 12.0. The summed E-state index contributed by atoms with van der Waals surface area (Å²) < 4.78 is 0.307. The zero-order valence-electron chi connectivity index (χ0n) is 15.1. The molecule has 142 valence electrons. The average Bonchev–Trinajstić information content (AvgIpc) is 2.67. The van der Waals surface area contributed by atoms with Crippen LogP contribution in [0, 0.1) is 0 Å². The number of ketones is 2. The van der Waals surface area contributed by atoms with E-state index in [0.29, 0.717) is 52.9 Å². The van der Waals surface area contributed by atoms with Gasteiger partial charge in [-0.15, -0.1) is 0 Å². The van der Waals surface area contributed by atoms with E-state index in [0.717, 1.165) is 5.56 Å². The van der Waals surface area contributed by atoms with Gasteiger partial charge in [0.25, 0.3) is 0 Å². The van der Waals surface area contributed by atoms with Gasteiger partial charge < -0.3 is 19.8 Å². The summed E-state index contributed by atoms with van der Waals surface area (Å²) in [6.45, 7) is 1.37. The van der Waals surface area contributed by atoms with Gasteiger partial charge in [0, 0.05) is 27.8 Å². The Hall–Kier alpha value is -2.38. The van der Waals surface area contributed by atoms with E-state index in [4.69, 9.17) is 0 Å². The highest BCUT2D eigenvalue weighted by Gasteiger charge is 2.31. The average molecular weight is 370 g/mol. The van der Waals surface area contributed by atoms with E-state index in [-0.39, 0.29) is 31.4 Å². The smallest absolute Gasteiger partial charge is 0.194 e. The lowest BCUT2D eigenvalue weighted by atomic mass is 9.83. The molecule has 6 nitrogen and oxygen atoms in total. The SMILES string of the molecule is O=C1c2ccccc2C(=O)c2cc(C[N+](CCO)(CCO)CCO)ccc21. The van der Waals surface area contributed by atoms with E-state index >= 15 is 0 Å². The quantitative estimate of drug-likeness (QED) is 0.509. The molecule has 0 saturated heterocycles. The minimum Gasteiger partial charge on any atom is -0.391 e. The molecule has 0 fully saturated rings. The van der Waals surface area contributed by atoms with Crippen molar-refractivity contribution in [1.29, 1.82) is 0 Å². The summed E-state index contributed by atoms with van der Waals surface area (Å²) in [5.41, 5.74) is 2.44. The van der Waals surface area contributed by atoms with Crippen LogP contribution in [0.15, 0.2) is 42.5 Å². The van der Waals surface area contributed by atoms with Gasteiger partial charge in [-0.25, -0.2) is 0 Å². The summed E-state index contributed by atoms with van der Waals surface area (Å²) in [6.07, 6.45) is 0. The fourth-order valence-electron chi connectivity index (χ4n) is 3.84. The number of hydrogen-bond acceptors (Lipinski definition) is 5. The Bertz CT molecular complexity index is 844. The van der Waals surface area contributed by atoms with Crippen molar-refractivity contribution in [3.05, 3.63) is 70.3 Å². The van der Waals surface area contributed by atoms with Crippen LogP contribution < -0.4 is 0 Å². The molecule has 3 N–H and O–H groups in total. The Morgan fingerprint density at radius 3 is 1.67 bits per heavy atom. The normalized spacial score (nSPS) is 13.4. The van der Waals surface area contributed by atoms with Gasteiger partial charge in [0.1, 0.15) is 26.2 Å². The molecule has 0 aliphatic heterocycles. The fraction of sp³-hybridized carbons (Fsp3) is 0.333. The summed E-state index contributed by atoms with van der Waals surface area (Å²) in [5, 5.41) is 28.3. The predicted molar refractivity (Wildman–Crippen MR) is 99.6 cm³/mol. The first-order valence-electron chi connectivity index (χ1n) is 9.04.